The Kier molecular flexibility index (Phi) is 10.2. The third-order valence-electron chi connectivity index (χ3n) is 4.34. The van der Waals surface area contributed by atoms with Crippen molar-refractivity contribution in [2.24, 2.45) is 10.7 Å². The monoisotopic (exact) mass is 490 g/mol. The summed E-state index contributed by atoms with van der Waals surface area (Å²) in [7, 11) is 0. The predicted octanol–water partition coefficient (Wildman–Crippen LogP) is 4.78. The van der Waals surface area contributed by atoms with Crippen molar-refractivity contribution in [2.75, 3.05) is 18.1 Å². The molecule has 2 rings (SSSR count). The minimum Gasteiger partial charge on any atom is -0.494 e. The molecule has 0 spiro atoms. The summed E-state index contributed by atoms with van der Waals surface area (Å²) in [6.07, 6.45) is 9.62. The quantitative estimate of drug-likeness (QED) is 0.161. The first-order chi connectivity index (χ1) is 14.5. The highest BCUT2D eigenvalue weighted by molar-refractivity contribution is 9.11. The minimum atomic E-state index is 0.200. The average molecular weight is 492 g/mol. The number of hydrogen-bond donors (Lipinski definition) is 1. The van der Waals surface area contributed by atoms with Crippen molar-refractivity contribution in [1.29, 1.82) is 5.26 Å². The lowest BCUT2D eigenvalue weighted by molar-refractivity contribution is -0.687. The second-order valence-electron chi connectivity index (χ2n) is 6.68. The largest absolute Gasteiger partial charge is 0.494 e. The molecule has 0 amide bonds. The van der Waals surface area contributed by atoms with Crippen LogP contribution in [0.5, 0.6) is 5.75 Å². The van der Waals surface area contributed by atoms with Crippen LogP contribution in [-0.2, 0) is 6.54 Å². The Morgan fingerprint density at radius 2 is 1.83 bits per heavy atom. The van der Waals surface area contributed by atoms with Crippen LogP contribution in [0.25, 0.3) is 0 Å². The van der Waals surface area contributed by atoms with E-state index in [1.165, 1.54) is 0 Å². The first-order valence-corrected chi connectivity index (χ1v) is 10.9. The third kappa shape index (κ3) is 8.44. The molecule has 0 unspecified atom stereocenters. The van der Waals surface area contributed by atoms with E-state index < -0.39 is 0 Å². The van der Waals surface area contributed by atoms with Crippen LogP contribution < -0.4 is 19.9 Å². The van der Waals surface area contributed by atoms with Gasteiger partial charge in [0.05, 0.1) is 16.8 Å². The van der Waals surface area contributed by atoms with Gasteiger partial charge in [-0.3, -0.25) is 0 Å². The summed E-state index contributed by atoms with van der Waals surface area (Å²) in [4.78, 5) is 5.57. The van der Waals surface area contributed by atoms with Gasteiger partial charge in [-0.25, -0.2) is 4.57 Å². The smallest absolute Gasteiger partial charge is 0.211 e. The number of nitrogens with two attached hydrogens (primary N) is 1. The molecule has 0 saturated heterocycles. The summed E-state index contributed by atoms with van der Waals surface area (Å²) in [5, 5.41) is 9.57. The van der Waals surface area contributed by atoms with Gasteiger partial charge in [-0.05, 0) is 53.0 Å². The molecule has 2 aromatic rings. The van der Waals surface area contributed by atoms with E-state index in [0.29, 0.717) is 24.7 Å². The van der Waals surface area contributed by atoms with E-state index in [1.807, 2.05) is 58.3 Å². The summed E-state index contributed by atoms with van der Waals surface area (Å²) in [5.41, 5.74) is 6.91. The van der Waals surface area contributed by atoms with Crippen molar-refractivity contribution >= 4 is 39.2 Å². The molecular formula is C22H26BrClN5O+. The van der Waals surface area contributed by atoms with E-state index in [0.717, 1.165) is 41.6 Å². The van der Waals surface area contributed by atoms with Gasteiger partial charge in [0.25, 0.3) is 0 Å². The number of aromatic nitrogens is 1. The summed E-state index contributed by atoms with van der Waals surface area (Å²) in [5.74, 6) is 1.03. The van der Waals surface area contributed by atoms with E-state index in [1.54, 1.807) is 6.19 Å². The lowest BCUT2D eigenvalue weighted by Crippen LogP contribution is -2.39. The van der Waals surface area contributed by atoms with Crippen LogP contribution in [0.15, 0.2) is 64.8 Å². The fourth-order valence-electron chi connectivity index (χ4n) is 2.87. The van der Waals surface area contributed by atoms with E-state index in [4.69, 9.17) is 27.3 Å². The van der Waals surface area contributed by atoms with Crippen molar-refractivity contribution < 1.29 is 9.30 Å². The number of nitrogens with zero attached hydrogens (tertiary/aromatic N) is 4. The molecule has 0 aliphatic rings. The molecule has 0 aliphatic heterocycles. The van der Waals surface area contributed by atoms with Crippen molar-refractivity contribution in [3.05, 3.63) is 64.9 Å². The standard InChI is InChI=1S/C22H26BrClN5O/c1-18(23)16-28-13-10-20(11-14-28)29(22(26)27-17-25)12-4-2-3-5-15-30-21-8-6-19(24)7-9-21/h6-11,13-14H,1-5,12,15-16H2,(H2,26,27)/q+1. The molecule has 1 aromatic carbocycles. The first-order valence-electron chi connectivity index (χ1n) is 9.70. The van der Waals surface area contributed by atoms with Gasteiger partial charge in [0, 0.05) is 23.7 Å². The molecule has 6 nitrogen and oxygen atoms in total. The van der Waals surface area contributed by atoms with Crippen LogP contribution in [0.3, 0.4) is 0 Å². The van der Waals surface area contributed by atoms with Gasteiger partial charge >= 0.3 is 0 Å². The number of nitriles is 1. The molecule has 0 atom stereocenters. The van der Waals surface area contributed by atoms with Crippen LogP contribution in [0, 0.1) is 11.5 Å². The number of aliphatic imine (C=N–C) groups is 1. The minimum absolute atomic E-state index is 0.200. The summed E-state index contributed by atoms with van der Waals surface area (Å²) < 4.78 is 8.60. The molecule has 8 heteroatoms. The van der Waals surface area contributed by atoms with Gasteiger partial charge < -0.3 is 15.4 Å². The van der Waals surface area contributed by atoms with Gasteiger partial charge in [-0.2, -0.15) is 5.26 Å². The number of halogens is 2. The van der Waals surface area contributed by atoms with Crippen LogP contribution in [0.4, 0.5) is 5.69 Å². The molecule has 0 bridgehead atoms. The van der Waals surface area contributed by atoms with Gasteiger partial charge in [0.1, 0.15) is 5.75 Å². The Balaban J connectivity index is 1.79. The lowest BCUT2D eigenvalue weighted by Gasteiger charge is -2.22. The Hall–Kier alpha value is -2.56. The number of unbranched alkanes of at least 4 members (excludes halogenated alkanes) is 3. The second kappa shape index (κ2) is 12.9. The fraction of sp³-hybridized carbons (Fsp3) is 0.318. The van der Waals surface area contributed by atoms with Gasteiger partial charge in [0.2, 0.25) is 12.2 Å². The number of allylic oxidation sites excluding steroid dienone is 1. The van der Waals surface area contributed by atoms with Crippen LogP contribution in [-0.4, -0.2) is 19.1 Å². The maximum absolute atomic E-state index is 8.87. The Morgan fingerprint density at radius 1 is 1.17 bits per heavy atom. The number of guanidine groups is 1. The Bertz CT molecular complexity index is 878. The molecule has 0 fully saturated rings. The van der Waals surface area contributed by atoms with E-state index >= 15 is 0 Å². The van der Waals surface area contributed by atoms with Crippen LogP contribution in [0.1, 0.15) is 25.7 Å². The van der Waals surface area contributed by atoms with Gasteiger partial charge in [-0.15, -0.1) is 4.99 Å². The maximum Gasteiger partial charge on any atom is 0.211 e. The summed E-state index contributed by atoms with van der Waals surface area (Å²) in [6.45, 7) is 5.88. The van der Waals surface area contributed by atoms with E-state index in [-0.39, 0.29) is 5.96 Å². The highest BCUT2D eigenvalue weighted by atomic mass is 79.9. The molecule has 2 N–H and O–H groups in total. The zero-order valence-corrected chi connectivity index (χ0v) is 19.1. The van der Waals surface area contributed by atoms with Crippen molar-refractivity contribution in [2.45, 2.75) is 32.2 Å². The van der Waals surface area contributed by atoms with Gasteiger partial charge in [0.15, 0.2) is 18.9 Å². The van der Waals surface area contributed by atoms with Crippen LogP contribution >= 0.6 is 27.5 Å². The third-order valence-corrected chi connectivity index (χ3v) is 4.84. The Morgan fingerprint density at radius 3 is 2.47 bits per heavy atom. The number of benzene rings is 1. The van der Waals surface area contributed by atoms with Crippen molar-refractivity contribution in [3.63, 3.8) is 0 Å². The van der Waals surface area contributed by atoms with Crippen LogP contribution in [0.2, 0.25) is 5.02 Å². The highest BCUT2D eigenvalue weighted by Gasteiger charge is 2.13. The average Bonchev–Trinajstić information content (AvgIpc) is 2.72. The van der Waals surface area contributed by atoms with Gasteiger partial charge in [-0.1, -0.05) is 31.0 Å². The first kappa shape index (κ1) is 23.7. The predicted molar refractivity (Wildman–Crippen MR) is 125 cm³/mol. The molecule has 158 valence electrons. The van der Waals surface area contributed by atoms with Crippen molar-refractivity contribution in [3.8, 4) is 11.9 Å². The SMILES string of the molecule is C=C(Br)C[n+]1ccc(N(CCCCCCOc2ccc(Cl)cc2)C(N)=NC#N)cc1. The number of ether oxygens (including phenoxy) is 1. The summed E-state index contributed by atoms with van der Waals surface area (Å²) in [6, 6.07) is 11.3. The number of hydrogen-bond acceptors (Lipinski definition) is 3. The highest BCUT2D eigenvalue weighted by Crippen LogP contribution is 2.17. The second-order valence-corrected chi connectivity index (χ2v) is 8.24. The number of pyridine rings is 1. The molecule has 30 heavy (non-hydrogen) atoms. The molecule has 0 aliphatic carbocycles. The lowest BCUT2D eigenvalue weighted by atomic mass is 10.2. The normalized spacial score (nSPS) is 11.0. The molecule has 0 radical (unpaired) electrons. The maximum atomic E-state index is 8.87. The zero-order valence-electron chi connectivity index (χ0n) is 16.8. The van der Waals surface area contributed by atoms with Crippen molar-refractivity contribution in [1.82, 2.24) is 0 Å². The topological polar surface area (TPSA) is 78.5 Å². The number of rotatable bonds is 11. The Labute approximate surface area is 191 Å². The molecule has 0 saturated carbocycles. The van der Waals surface area contributed by atoms with E-state index in [9.17, 15) is 0 Å². The molecular weight excluding hydrogens is 466 g/mol. The molecule has 1 heterocycles. The molecule has 1 aromatic heterocycles. The van der Waals surface area contributed by atoms with E-state index in [2.05, 4.69) is 27.5 Å². The summed E-state index contributed by atoms with van der Waals surface area (Å²) >= 11 is 9.23. The number of anilines is 1. The zero-order chi connectivity index (χ0) is 21.8. The fourth-order valence-corrected chi connectivity index (χ4v) is 3.28.